The van der Waals surface area contributed by atoms with Crippen LogP contribution in [0.1, 0.15) is 44.7 Å². The predicted octanol–water partition coefficient (Wildman–Crippen LogP) is 5.17. The van der Waals surface area contributed by atoms with E-state index < -0.39 is 16.9 Å². The number of halogens is 2. The number of nitrogens with zero attached hydrogens (tertiary/aromatic N) is 2. The molecule has 0 aliphatic carbocycles. The van der Waals surface area contributed by atoms with E-state index >= 15 is 0 Å². The smallest absolute Gasteiger partial charge is 0.273 e. The molecule has 0 fully saturated rings. The third-order valence-electron chi connectivity index (χ3n) is 5.31. The predicted molar refractivity (Wildman–Crippen MR) is 126 cm³/mol. The van der Waals surface area contributed by atoms with Gasteiger partial charge in [-0.1, -0.05) is 61.3 Å². The van der Waals surface area contributed by atoms with E-state index in [0.29, 0.717) is 22.0 Å². The highest BCUT2D eigenvalue weighted by molar-refractivity contribution is 6.36. The number of carbonyl (C=O) groups is 2. The maximum absolute atomic E-state index is 13.4. The Kier molecular flexibility index (Phi) is 9.47. The minimum Gasteiger partial charge on any atom is -0.352 e. The van der Waals surface area contributed by atoms with E-state index in [-0.39, 0.29) is 36.2 Å². The number of hydrogen-bond acceptors (Lipinski definition) is 4. The van der Waals surface area contributed by atoms with Crippen molar-refractivity contribution in [3.8, 4) is 0 Å². The number of hydrogen-bond donors (Lipinski definition) is 1. The van der Waals surface area contributed by atoms with Crippen molar-refractivity contribution in [1.29, 1.82) is 0 Å². The second kappa shape index (κ2) is 11.8. The maximum Gasteiger partial charge on any atom is 0.273 e. The van der Waals surface area contributed by atoms with E-state index in [1.54, 1.807) is 37.3 Å². The lowest BCUT2D eigenvalue weighted by atomic mass is 10.0. The Morgan fingerprint density at radius 3 is 2.25 bits per heavy atom. The minimum atomic E-state index is -0.786. The number of nitro benzene ring substituents is 1. The fraction of sp³-hybridized carbons (Fsp3) is 0.391. The highest BCUT2D eigenvalue weighted by atomic mass is 35.5. The minimum absolute atomic E-state index is 0.00437. The first-order chi connectivity index (χ1) is 15.2. The molecule has 0 saturated carbocycles. The molecule has 172 valence electrons. The zero-order valence-electron chi connectivity index (χ0n) is 18.3. The van der Waals surface area contributed by atoms with Gasteiger partial charge in [0.05, 0.1) is 11.3 Å². The summed E-state index contributed by atoms with van der Waals surface area (Å²) in [6, 6.07) is 10.2. The summed E-state index contributed by atoms with van der Waals surface area (Å²) in [5, 5.41) is 15.1. The number of benzene rings is 2. The van der Waals surface area contributed by atoms with Crippen molar-refractivity contribution in [2.24, 2.45) is 0 Å². The SMILES string of the molecule is CC[C@H](C(=O)N[C@@H](C)CC)N(Cc1c(Cl)cccc1Cl)C(=O)Cc1ccccc1[N+](=O)[O-]. The van der Waals surface area contributed by atoms with Crippen molar-refractivity contribution < 1.29 is 14.5 Å². The molecule has 2 amide bonds. The Hall–Kier alpha value is -2.64. The second-order valence-electron chi connectivity index (χ2n) is 7.53. The standard InChI is InChI=1S/C23H27Cl2N3O4/c1-4-15(3)26-23(30)20(5-2)27(14-17-18(24)10-8-11-19(17)25)22(29)13-16-9-6-7-12-21(16)28(31)32/h6-12,15,20H,4-5,13-14H2,1-3H3,(H,26,30)/t15-,20+/m0/s1. The molecule has 2 rings (SSSR count). The summed E-state index contributed by atoms with van der Waals surface area (Å²) in [6.45, 7) is 5.65. The summed E-state index contributed by atoms with van der Waals surface area (Å²) in [5.74, 6) is -0.720. The van der Waals surface area contributed by atoms with Gasteiger partial charge in [-0.3, -0.25) is 19.7 Å². The Morgan fingerprint density at radius 1 is 1.06 bits per heavy atom. The summed E-state index contributed by atoms with van der Waals surface area (Å²) in [4.78, 5) is 38.7. The van der Waals surface area contributed by atoms with Crippen LogP contribution in [-0.4, -0.2) is 33.7 Å². The van der Waals surface area contributed by atoms with Gasteiger partial charge in [-0.25, -0.2) is 0 Å². The van der Waals surface area contributed by atoms with Crippen molar-refractivity contribution in [2.45, 2.75) is 58.7 Å². The average Bonchev–Trinajstić information content (AvgIpc) is 2.75. The Balaban J connectivity index is 2.43. The van der Waals surface area contributed by atoms with Gasteiger partial charge in [-0.2, -0.15) is 0 Å². The summed E-state index contributed by atoms with van der Waals surface area (Å²) in [7, 11) is 0. The average molecular weight is 480 g/mol. The zero-order valence-corrected chi connectivity index (χ0v) is 19.8. The summed E-state index contributed by atoms with van der Waals surface area (Å²) < 4.78 is 0. The van der Waals surface area contributed by atoms with Crippen molar-refractivity contribution >= 4 is 40.7 Å². The molecule has 2 atom stereocenters. The molecular weight excluding hydrogens is 453 g/mol. The number of para-hydroxylation sites is 1. The lowest BCUT2D eigenvalue weighted by Crippen LogP contribution is -2.51. The van der Waals surface area contributed by atoms with Crippen molar-refractivity contribution in [1.82, 2.24) is 10.2 Å². The third-order valence-corrected chi connectivity index (χ3v) is 6.02. The zero-order chi connectivity index (χ0) is 23.8. The largest absolute Gasteiger partial charge is 0.352 e. The van der Waals surface area contributed by atoms with Crippen LogP contribution < -0.4 is 5.32 Å². The maximum atomic E-state index is 13.4. The van der Waals surface area contributed by atoms with Crippen LogP contribution in [0.2, 0.25) is 10.0 Å². The number of nitrogens with one attached hydrogen (secondary N) is 1. The fourth-order valence-electron chi connectivity index (χ4n) is 3.32. The lowest BCUT2D eigenvalue weighted by Gasteiger charge is -2.32. The van der Waals surface area contributed by atoms with E-state index in [2.05, 4.69) is 5.32 Å². The molecule has 9 heteroatoms. The van der Waals surface area contributed by atoms with Crippen molar-refractivity contribution in [3.63, 3.8) is 0 Å². The highest BCUT2D eigenvalue weighted by Gasteiger charge is 2.31. The van der Waals surface area contributed by atoms with Crippen molar-refractivity contribution in [3.05, 3.63) is 73.8 Å². The summed E-state index contributed by atoms with van der Waals surface area (Å²) >= 11 is 12.7. The molecule has 0 aliphatic heterocycles. The molecule has 2 aromatic rings. The van der Waals surface area contributed by atoms with Gasteiger partial charge >= 0.3 is 0 Å². The molecule has 0 aliphatic rings. The number of carbonyl (C=O) groups excluding carboxylic acids is 2. The topological polar surface area (TPSA) is 92.6 Å². The van der Waals surface area contributed by atoms with Gasteiger partial charge < -0.3 is 10.2 Å². The lowest BCUT2D eigenvalue weighted by molar-refractivity contribution is -0.385. The Bertz CT molecular complexity index is 963. The van der Waals surface area contributed by atoms with Gasteiger partial charge in [-0.05, 0) is 31.9 Å². The number of amides is 2. The van der Waals surface area contributed by atoms with Crippen LogP contribution >= 0.6 is 23.2 Å². The van der Waals surface area contributed by atoms with E-state index in [4.69, 9.17) is 23.2 Å². The quantitative estimate of drug-likeness (QED) is 0.375. The monoisotopic (exact) mass is 479 g/mol. The Morgan fingerprint density at radius 2 is 1.69 bits per heavy atom. The Labute approximate surface area is 197 Å². The van der Waals surface area contributed by atoms with Crippen LogP contribution in [0.4, 0.5) is 5.69 Å². The molecule has 0 radical (unpaired) electrons. The first-order valence-corrected chi connectivity index (χ1v) is 11.2. The molecule has 2 aromatic carbocycles. The fourth-order valence-corrected chi connectivity index (χ4v) is 3.83. The van der Waals surface area contributed by atoms with Crippen LogP contribution in [0.25, 0.3) is 0 Å². The molecule has 32 heavy (non-hydrogen) atoms. The normalized spacial score (nSPS) is 12.7. The second-order valence-corrected chi connectivity index (χ2v) is 8.34. The third kappa shape index (κ3) is 6.43. The van der Waals surface area contributed by atoms with E-state index in [1.165, 1.54) is 17.0 Å². The number of nitro groups is 1. The van der Waals surface area contributed by atoms with Gasteiger partial charge in [0.2, 0.25) is 11.8 Å². The van der Waals surface area contributed by atoms with Crippen LogP contribution in [0.5, 0.6) is 0 Å². The molecule has 0 spiro atoms. The molecule has 0 bridgehead atoms. The van der Waals surface area contributed by atoms with E-state index in [9.17, 15) is 19.7 Å². The first kappa shape index (κ1) is 25.6. The van der Waals surface area contributed by atoms with Crippen LogP contribution in [-0.2, 0) is 22.6 Å². The van der Waals surface area contributed by atoms with Crippen molar-refractivity contribution in [2.75, 3.05) is 0 Å². The van der Waals surface area contributed by atoms with Gasteiger partial charge in [0.1, 0.15) is 6.04 Å². The van der Waals surface area contributed by atoms with Crippen LogP contribution in [0.3, 0.4) is 0 Å². The number of rotatable bonds is 10. The molecular formula is C23H27Cl2N3O4. The summed E-state index contributed by atoms with van der Waals surface area (Å²) in [6.07, 6.45) is 0.863. The molecule has 0 unspecified atom stereocenters. The molecule has 0 aromatic heterocycles. The molecule has 0 heterocycles. The van der Waals surface area contributed by atoms with Gasteiger partial charge in [0, 0.05) is 39.8 Å². The van der Waals surface area contributed by atoms with E-state index in [1.807, 2.05) is 13.8 Å². The summed E-state index contributed by atoms with van der Waals surface area (Å²) in [5.41, 5.74) is 0.644. The molecule has 0 saturated heterocycles. The van der Waals surface area contributed by atoms with E-state index in [0.717, 1.165) is 6.42 Å². The van der Waals surface area contributed by atoms with Gasteiger partial charge in [-0.15, -0.1) is 0 Å². The van der Waals surface area contributed by atoms with Crippen LogP contribution in [0, 0.1) is 10.1 Å². The molecule has 1 N–H and O–H groups in total. The van der Waals surface area contributed by atoms with Gasteiger partial charge in [0.15, 0.2) is 0 Å². The first-order valence-electron chi connectivity index (χ1n) is 10.4. The van der Waals surface area contributed by atoms with Crippen LogP contribution in [0.15, 0.2) is 42.5 Å². The van der Waals surface area contributed by atoms with Gasteiger partial charge in [0.25, 0.3) is 5.69 Å². The highest BCUT2D eigenvalue weighted by Crippen LogP contribution is 2.28. The molecule has 7 nitrogen and oxygen atoms in total.